The molecule has 0 spiro atoms. The van der Waals surface area contributed by atoms with Crippen molar-refractivity contribution in [2.24, 2.45) is 5.73 Å². The van der Waals surface area contributed by atoms with Crippen molar-refractivity contribution in [2.45, 2.75) is 6.92 Å². The van der Waals surface area contributed by atoms with Crippen LogP contribution in [0.15, 0.2) is 48.8 Å². The Hall–Kier alpha value is -3.54. The van der Waals surface area contributed by atoms with Crippen molar-refractivity contribution in [1.82, 2.24) is 15.2 Å². The Morgan fingerprint density at radius 2 is 1.88 bits per heavy atom. The van der Waals surface area contributed by atoms with Gasteiger partial charge >= 0.3 is 0 Å². The van der Waals surface area contributed by atoms with Gasteiger partial charge in [-0.1, -0.05) is 18.2 Å². The zero-order valence-corrected chi connectivity index (χ0v) is 13.5. The van der Waals surface area contributed by atoms with Crippen LogP contribution in [-0.2, 0) is 0 Å². The summed E-state index contributed by atoms with van der Waals surface area (Å²) in [6, 6.07) is 11.9. The van der Waals surface area contributed by atoms with E-state index >= 15 is 0 Å². The van der Waals surface area contributed by atoms with Crippen molar-refractivity contribution in [3.05, 3.63) is 60.0 Å². The molecule has 4 rings (SSSR count). The van der Waals surface area contributed by atoms with E-state index in [0.717, 1.165) is 27.5 Å². The number of hydrogen-bond acceptors (Lipinski definition) is 5. The summed E-state index contributed by atoms with van der Waals surface area (Å²) in [4.78, 5) is 15.8. The molecule has 25 heavy (non-hydrogen) atoms. The molecule has 0 unspecified atom stereocenters. The Bertz CT molecular complexity index is 1150. The van der Waals surface area contributed by atoms with Crippen LogP contribution < -0.4 is 11.5 Å². The molecule has 0 radical (unpaired) electrons. The van der Waals surface area contributed by atoms with E-state index in [2.05, 4.69) is 15.2 Å². The van der Waals surface area contributed by atoms with E-state index in [1.807, 2.05) is 49.5 Å². The van der Waals surface area contributed by atoms with Crippen LogP contribution in [0.4, 0.5) is 5.69 Å². The maximum Gasteiger partial charge on any atom is 0.271 e. The number of nitrogens with zero attached hydrogens (tertiary/aromatic N) is 3. The van der Waals surface area contributed by atoms with Crippen molar-refractivity contribution in [3.63, 3.8) is 0 Å². The van der Waals surface area contributed by atoms with Crippen LogP contribution in [0, 0.1) is 6.92 Å². The highest BCUT2D eigenvalue weighted by Gasteiger charge is 2.17. The second-order valence-corrected chi connectivity index (χ2v) is 5.97. The molecule has 1 amide bonds. The zero-order valence-electron chi connectivity index (χ0n) is 13.5. The van der Waals surface area contributed by atoms with Crippen molar-refractivity contribution >= 4 is 33.3 Å². The Morgan fingerprint density at radius 1 is 1.04 bits per heavy atom. The average Bonchev–Trinajstić information content (AvgIpc) is 2.60. The highest BCUT2D eigenvalue weighted by Crippen LogP contribution is 2.35. The number of primary amides is 1. The third-order valence-corrected chi connectivity index (χ3v) is 4.23. The Morgan fingerprint density at radius 3 is 2.68 bits per heavy atom. The van der Waals surface area contributed by atoms with E-state index in [4.69, 9.17) is 11.5 Å². The predicted octanol–water partition coefficient (Wildman–Crippen LogP) is 2.83. The molecule has 0 saturated carbocycles. The van der Waals surface area contributed by atoms with Gasteiger partial charge in [0, 0.05) is 23.2 Å². The summed E-state index contributed by atoms with van der Waals surface area (Å²) in [7, 11) is 0. The number of anilines is 1. The molecule has 4 aromatic rings. The summed E-state index contributed by atoms with van der Waals surface area (Å²) in [5, 5.41) is 10.8. The average molecular weight is 329 g/mol. The molecule has 6 heteroatoms. The first-order chi connectivity index (χ1) is 12.0. The Kier molecular flexibility index (Phi) is 3.32. The van der Waals surface area contributed by atoms with Crippen molar-refractivity contribution in [3.8, 4) is 11.1 Å². The molecule has 0 saturated heterocycles. The van der Waals surface area contributed by atoms with E-state index in [1.54, 1.807) is 6.20 Å². The highest BCUT2D eigenvalue weighted by atomic mass is 16.1. The number of carbonyl (C=O) groups is 1. The number of benzene rings is 2. The molecule has 4 N–H and O–H groups in total. The van der Waals surface area contributed by atoms with Crippen LogP contribution in [0.25, 0.3) is 32.8 Å². The number of rotatable bonds is 2. The van der Waals surface area contributed by atoms with Gasteiger partial charge in [0.2, 0.25) is 0 Å². The molecule has 2 aromatic carbocycles. The standard InChI is InChI=1S/C19H15N5O/c1-10-6-14(12-3-2-11-4-5-22-9-13(11)8-12)16-15(7-10)23-24-18(17(16)20)19(21)25/h2-9H,1H3,(H2,20,23)(H2,21,25). The van der Waals surface area contributed by atoms with Gasteiger partial charge in [-0.05, 0) is 47.2 Å². The van der Waals surface area contributed by atoms with Gasteiger partial charge in [-0.25, -0.2) is 0 Å². The number of nitrogen functional groups attached to an aromatic ring is 1. The first-order valence-corrected chi connectivity index (χ1v) is 7.75. The SMILES string of the molecule is Cc1cc(-c2ccc3ccncc3c2)c2c(N)c(C(N)=O)nnc2c1. The molecule has 0 aliphatic rings. The fourth-order valence-electron chi connectivity index (χ4n) is 3.07. The third kappa shape index (κ3) is 2.44. The van der Waals surface area contributed by atoms with Gasteiger partial charge in [0.05, 0.1) is 11.2 Å². The van der Waals surface area contributed by atoms with Crippen LogP contribution in [0.2, 0.25) is 0 Å². The Balaban J connectivity index is 2.08. The van der Waals surface area contributed by atoms with Gasteiger partial charge in [-0.3, -0.25) is 9.78 Å². The van der Waals surface area contributed by atoms with Crippen LogP contribution in [0.3, 0.4) is 0 Å². The smallest absolute Gasteiger partial charge is 0.271 e. The Labute approximate surface area is 143 Å². The number of carbonyl (C=O) groups excluding carboxylic acids is 1. The maximum atomic E-state index is 11.6. The quantitative estimate of drug-likeness (QED) is 0.588. The fourth-order valence-corrected chi connectivity index (χ4v) is 3.07. The lowest BCUT2D eigenvalue weighted by atomic mass is 9.95. The molecular formula is C19H15N5O. The second-order valence-electron chi connectivity index (χ2n) is 5.97. The van der Waals surface area contributed by atoms with E-state index < -0.39 is 5.91 Å². The van der Waals surface area contributed by atoms with Gasteiger partial charge in [0.15, 0.2) is 5.69 Å². The molecule has 0 bridgehead atoms. The summed E-state index contributed by atoms with van der Waals surface area (Å²) in [5.74, 6) is -0.693. The number of aryl methyl sites for hydroxylation is 1. The molecule has 2 heterocycles. The van der Waals surface area contributed by atoms with E-state index in [-0.39, 0.29) is 11.4 Å². The third-order valence-electron chi connectivity index (χ3n) is 4.23. The van der Waals surface area contributed by atoms with Crippen LogP contribution >= 0.6 is 0 Å². The van der Waals surface area contributed by atoms with Crippen molar-refractivity contribution < 1.29 is 4.79 Å². The van der Waals surface area contributed by atoms with Crippen LogP contribution in [0.1, 0.15) is 16.1 Å². The van der Waals surface area contributed by atoms with Gasteiger partial charge in [0.25, 0.3) is 5.91 Å². The summed E-state index contributed by atoms with van der Waals surface area (Å²) < 4.78 is 0. The molecular weight excluding hydrogens is 314 g/mol. The van der Waals surface area contributed by atoms with Crippen molar-refractivity contribution in [2.75, 3.05) is 5.73 Å². The molecule has 122 valence electrons. The lowest BCUT2D eigenvalue weighted by Gasteiger charge is -2.12. The van der Waals surface area contributed by atoms with Gasteiger partial charge < -0.3 is 11.5 Å². The highest BCUT2D eigenvalue weighted by molar-refractivity contribution is 6.10. The summed E-state index contributed by atoms with van der Waals surface area (Å²) in [6.45, 7) is 1.98. The normalized spacial score (nSPS) is 11.1. The van der Waals surface area contributed by atoms with Crippen LogP contribution in [-0.4, -0.2) is 21.1 Å². The summed E-state index contributed by atoms with van der Waals surface area (Å²) in [6.07, 6.45) is 3.58. The fraction of sp³-hybridized carbons (Fsp3) is 0.0526. The number of pyridine rings is 1. The molecule has 0 atom stereocenters. The molecule has 2 aromatic heterocycles. The largest absolute Gasteiger partial charge is 0.396 e. The first kappa shape index (κ1) is 15.0. The van der Waals surface area contributed by atoms with Gasteiger partial charge in [-0.15, -0.1) is 10.2 Å². The molecule has 0 aliphatic carbocycles. The maximum absolute atomic E-state index is 11.6. The lowest BCUT2D eigenvalue weighted by molar-refractivity contribution is 0.0996. The van der Waals surface area contributed by atoms with Crippen LogP contribution in [0.5, 0.6) is 0 Å². The number of fused-ring (bicyclic) bond motifs is 2. The number of hydrogen-bond donors (Lipinski definition) is 2. The predicted molar refractivity (Wildman–Crippen MR) is 97.9 cm³/mol. The van der Waals surface area contributed by atoms with Gasteiger partial charge in [0.1, 0.15) is 0 Å². The minimum absolute atomic E-state index is 0.0138. The number of nitrogens with two attached hydrogens (primary N) is 2. The lowest BCUT2D eigenvalue weighted by Crippen LogP contribution is -2.17. The van der Waals surface area contributed by atoms with Crippen molar-refractivity contribution in [1.29, 1.82) is 0 Å². The molecule has 6 nitrogen and oxygen atoms in total. The monoisotopic (exact) mass is 329 g/mol. The molecule has 0 aliphatic heterocycles. The first-order valence-electron chi connectivity index (χ1n) is 7.75. The minimum Gasteiger partial charge on any atom is -0.396 e. The van der Waals surface area contributed by atoms with E-state index in [9.17, 15) is 4.79 Å². The van der Waals surface area contributed by atoms with Gasteiger partial charge in [-0.2, -0.15) is 0 Å². The number of aromatic nitrogens is 3. The second kappa shape index (κ2) is 5.52. The molecule has 0 fully saturated rings. The summed E-state index contributed by atoms with van der Waals surface area (Å²) in [5.41, 5.74) is 15.3. The van der Waals surface area contributed by atoms with E-state index in [1.165, 1.54) is 0 Å². The summed E-state index contributed by atoms with van der Waals surface area (Å²) >= 11 is 0. The van der Waals surface area contributed by atoms with E-state index in [0.29, 0.717) is 10.9 Å². The number of amides is 1. The zero-order chi connectivity index (χ0) is 17.6. The topological polar surface area (TPSA) is 108 Å². The minimum atomic E-state index is -0.693.